The van der Waals surface area contributed by atoms with E-state index in [2.05, 4.69) is 11.4 Å². The number of likely N-dealkylation sites (tertiary alicyclic amines) is 1. The molecule has 0 spiro atoms. The van der Waals surface area contributed by atoms with Crippen LogP contribution in [-0.2, 0) is 9.59 Å². The van der Waals surface area contributed by atoms with Crippen LogP contribution in [0.5, 0.6) is 5.75 Å². The first-order chi connectivity index (χ1) is 13.2. The number of amides is 2. The lowest BCUT2D eigenvalue weighted by molar-refractivity contribution is -0.137. The summed E-state index contributed by atoms with van der Waals surface area (Å²) >= 11 is 0. The van der Waals surface area contributed by atoms with Gasteiger partial charge in [-0.15, -0.1) is 0 Å². The number of benzene rings is 1. The molecule has 3 rings (SSSR count). The number of allylic oxidation sites excluding steroid dienone is 1. The molecule has 0 saturated carbocycles. The van der Waals surface area contributed by atoms with Crippen LogP contribution in [0.2, 0.25) is 0 Å². The zero-order chi connectivity index (χ0) is 18.9. The molecule has 0 bridgehead atoms. The third-order valence-corrected chi connectivity index (χ3v) is 5.45. The maximum absolute atomic E-state index is 12.4. The van der Waals surface area contributed by atoms with Gasteiger partial charge in [-0.05, 0) is 57.1 Å². The summed E-state index contributed by atoms with van der Waals surface area (Å²) in [6.45, 7) is 2.03. The Labute approximate surface area is 161 Å². The Morgan fingerprint density at radius 3 is 2.59 bits per heavy atom. The molecule has 1 heterocycles. The minimum absolute atomic E-state index is 0.0121. The van der Waals surface area contributed by atoms with Crippen molar-refractivity contribution in [3.8, 4) is 5.75 Å². The Kier molecular flexibility index (Phi) is 7.31. The predicted octanol–water partition coefficient (Wildman–Crippen LogP) is 3.31. The van der Waals surface area contributed by atoms with Gasteiger partial charge < -0.3 is 15.0 Å². The monoisotopic (exact) mass is 370 g/mol. The molecule has 0 aromatic heterocycles. The van der Waals surface area contributed by atoms with Crippen LogP contribution in [0.15, 0.2) is 42.0 Å². The topological polar surface area (TPSA) is 58.6 Å². The van der Waals surface area contributed by atoms with Crippen molar-refractivity contribution in [2.24, 2.45) is 5.92 Å². The molecule has 1 aromatic rings. The third-order valence-electron chi connectivity index (χ3n) is 5.45. The van der Waals surface area contributed by atoms with Crippen molar-refractivity contribution in [2.45, 2.75) is 44.9 Å². The van der Waals surface area contributed by atoms with Crippen LogP contribution in [0, 0.1) is 5.92 Å². The maximum Gasteiger partial charge on any atom is 0.260 e. The van der Waals surface area contributed by atoms with Gasteiger partial charge in [0.2, 0.25) is 5.91 Å². The second-order valence-corrected chi connectivity index (χ2v) is 7.41. The van der Waals surface area contributed by atoms with E-state index in [4.69, 9.17) is 4.74 Å². The molecule has 27 heavy (non-hydrogen) atoms. The maximum atomic E-state index is 12.4. The van der Waals surface area contributed by atoms with Gasteiger partial charge in [-0.3, -0.25) is 9.59 Å². The Bertz CT molecular complexity index is 649. The van der Waals surface area contributed by atoms with E-state index < -0.39 is 0 Å². The second-order valence-electron chi connectivity index (χ2n) is 7.41. The number of rotatable bonds is 7. The number of hydrogen-bond donors (Lipinski definition) is 1. The van der Waals surface area contributed by atoms with Gasteiger partial charge in [0.25, 0.3) is 5.91 Å². The van der Waals surface area contributed by atoms with Gasteiger partial charge >= 0.3 is 0 Å². The fourth-order valence-electron chi connectivity index (χ4n) is 3.77. The van der Waals surface area contributed by atoms with Gasteiger partial charge in [0, 0.05) is 25.6 Å². The summed E-state index contributed by atoms with van der Waals surface area (Å²) in [5.41, 5.74) is 1.49. The Balaban J connectivity index is 1.33. The van der Waals surface area contributed by atoms with E-state index in [1.807, 2.05) is 30.3 Å². The van der Waals surface area contributed by atoms with Crippen LogP contribution in [0.25, 0.3) is 0 Å². The van der Waals surface area contributed by atoms with Crippen molar-refractivity contribution in [3.63, 3.8) is 0 Å². The molecule has 1 fully saturated rings. The highest BCUT2D eigenvalue weighted by Crippen LogP contribution is 2.20. The average molecular weight is 370 g/mol. The van der Waals surface area contributed by atoms with E-state index in [0.29, 0.717) is 18.8 Å². The smallest absolute Gasteiger partial charge is 0.260 e. The van der Waals surface area contributed by atoms with Crippen LogP contribution in [-0.4, -0.2) is 43.0 Å². The fraction of sp³-hybridized carbons (Fsp3) is 0.545. The van der Waals surface area contributed by atoms with Crippen LogP contribution >= 0.6 is 0 Å². The van der Waals surface area contributed by atoms with Gasteiger partial charge in [0.1, 0.15) is 5.75 Å². The highest BCUT2D eigenvalue weighted by molar-refractivity contribution is 5.80. The van der Waals surface area contributed by atoms with Crippen molar-refractivity contribution >= 4 is 11.8 Å². The number of nitrogens with zero attached hydrogens (tertiary/aromatic N) is 1. The van der Waals surface area contributed by atoms with Crippen molar-refractivity contribution in [2.75, 3.05) is 26.2 Å². The highest BCUT2D eigenvalue weighted by atomic mass is 16.5. The summed E-state index contributed by atoms with van der Waals surface area (Å²) < 4.78 is 5.53. The summed E-state index contributed by atoms with van der Waals surface area (Å²) in [6, 6.07) is 9.36. The van der Waals surface area contributed by atoms with Crippen LogP contribution in [0.1, 0.15) is 44.9 Å². The normalized spacial score (nSPS) is 17.9. The molecule has 1 aliphatic heterocycles. The first kappa shape index (κ1) is 19.5. The SMILES string of the molecule is O=C(NCCC1=CCCCC1)C1CCN(C(=O)COc2ccccc2)CC1. The van der Waals surface area contributed by atoms with Gasteiger partial charge in [0.05, 0.1) is 0 Å². The standard InChI is InChI=1S/C22H30N2O3/c25-21(17-27-20-9-5-2-6-10-20)24-15-12-19(13-16-24)22(26)23-14-11-18-7-3-1-4-8-18/h2,5-7,9-10,19H,1,3-4,8,11-17H2,(H,23,26). The number of para-hydroxylation sites is 1. The van der Waals surface area contributed by atoms with Crippen LogP contribution < -0.4 is 10.1 Å². The Morgan fingerprint density at radius 2 is 1.89 bits per heavy atom. The zero-order valence-electron chi connectivity index (χ0n) is 16.0. The Morgan fingerprint density at radius 1 is 1.11 bits per heavy atom. The molecule has 5 nitrogen and oxygen atoms in total. The number of hydrogen-bond acceptors (Lipinski definition) is 3. The quantitative estimate of drug-likeness (QED) is 0.749. The number of piperidine rings is 1. The lowest BCUT2D eigenvalue weighted by Gasteiger charge is -2.31. The van der Waals surface area contributed by atoms with Crippen LogP contribution in [0.3, 0.4) is 0 Å². The molecule has 2 aliphatic rings. The largest absolute Gasteiger partial charge is 0.484 e. The summed E-state index contributed by atoms with van der Waals surface area (Å²) in [7, 11) is 0. The number of ether oxygens (including phenoxy) is 1. The molecule has 1 N–H and O–H groups in total. The molecular weight excluding hydrogens is 340 g/mol. The molecule has 146 valence electrons. The summed E-state index contributed by atoms with van der Waals surface area (Å²) in [5, 5.41) is 3.08. The molecule has 1 aliphatic carbocycles. The summed E-state index contributed by atoms with van der Waals surface area (Å²) in [4.78, 5) is 26.5. The number of carbonyl (C=O) groups is 2. The van der Waals surface area contributed by atoms with E-state index in [1.54, 1.807) is 4.90 Å². The van der Waals surface area contributed by atoms with E-state index in [0.717, 1.165) is 25.8 Å². The fourth-order valence-corrected chi connectivity index (χ4v) is 3.77. The van der Waals surface area contributed by atoms with Gasteiger partial charge in [-0.2, -0.15) is 0 Å². The molecular formula is C22H30N2O3. The second kappa shape index (κ2) is 10.1. The lowest BCUT2D eigenvalue weighted by Crippen LogP contribution is -2.44. The van der Waals surface area contributed by atoms with E-state index in [9.17, 15) is 9.59 Å². The predicted molar refractivity (Wildman–Crippen MR) is 105 cm³/mol. The first-order valence-corrected chi connectivity index (χ1v) is 10.1. The molecule has 5 heteroatoms. The van der Waals surface area contributed by atoms with Gasteiger partial charge in [-0.25, -0.2) is 0 Å². The molecule has 0 radical (unpaired) electrons. The summed E-state index contributed by atoms with van der Waals surface area (Å²) in [6.07, 6.45) is 9.70. The highest BCUT2D eigenvalue weighted by Gasteiger charge is 2.27. The van der Waals surface area contributed by atoms with E-state index >= 15 is 0 Å². The molecule has 0 unspecified atom stereocenters. The number of nitrogens with one attached hydrogen (secondary N) is 1. The molecule has 2 amide bonds. The third kappa shape index (κ3) is 6.12. The van der Waals surface area contributed by atoms with Gasteiger partial charge in [0.15, 0.2) is 6.61 Å². The summed E-state index contributed by atoms with van der Waals surface area (Å²) in [5.74, 6) is 0.846. The minimum atomic E-state index is -0.0121. The minimum Gasteiger partial charge on any atom is -0.484 e. The Hall–Kier alpha value is -2.30. The molecule has 1 saturated heterocycles. The van der Waals surface area contributed by atoms with Crippen molar-refractivity contribution in [3.05, 3.63) is 42.0 Å². The average Bonchev–Trinajstić information content (AvgIpc) is 2.73. The number of carbonyl (C=O) groups excluding carboxylic acids is 2. The van der Waals surface area contributed by atoms with Gasteiger partial charge in [-0.1, -0.05) is 29.8 Å². The van der Waals surface area contributed by atoms with Crippen LogP contribution in [0.4, 0.5) is 0 Å². The van der Waals surface area contributed by atoms with Crippen molar-refractivity contribution in [1.29, 1.82) is 0 Å². The van der Waals surface area contributed by atoms with Crippen molar-refractivity contribution in [1.82, 2.24) is 10.2 Å². The first-order valence-electron chi connectivity index (χ1n) is 10.1. The van der Waals surface area contributed by atoms with E-state index in [1.165, 1.54) is 31.3 Å². The van der Waals surface area contributed by atoms with Crippen molar-refractivity contribution < 1.29 is 14.3 Å². The molecule has 0 atom stereocenters. The molecule has 1 aromatic carbocycles. The van der Waals surface area contributed by atoms with E-state index in [-0.39, 0.29) is 24.3 Å². The lowest BCUT2D eigenvalue weighted by atomic mass is 9.95. The zero-order valence-corrected chi connectivity index (χ0v) is 16.0.